The van der Waals surface area contributed by atoms with E-state index < -0.39 is 0 Å². The van der Waals surface area contributed by atoms with Gasteiger partial charge in [0.15, 0.2) is 0 Å². The number of hydrogen-bond acceptors (Lipinski definition) is 3. The molecule has 0 aliphatic heterocycles. The van der Waals surface area contributed by atoms with E-state index in [9.17, 15) is 5.11 Å². The Hall–Kier alpha value is -2.29. The average Bonchev–Trinajstić information content (AvgIpc) is 2.29. The summed E-state index contributed by atoms with van der Waals surface area (Å²) < 4.78 is 5.63. The first-order chi connectivity index (χ1) is 7.75. The van der Waals surface area contributed by atoms with Gasteiger partial charge in [0.25, 0.3) is 0 Å². The van der Waals surface area contributed by atoms with Gasteiger partial charge in [-0.25, -0.2) is 0 Å². The van der Waals surface area contributed by atoms with Gasteiger partial charge >= 0.3 is 0 Å². The molecule has 0 radical (unpaired) electrons. The Kier molecular flexibility index (Phi) is 1.74. The van der Waals surface area contributed by atoms with E-state index in [4.69, 9.17) is 9.83 Å². The fraction of sp³-hybridized carbons (Fsp3) is 0. The molecule has 3 rings (SSSR count). The van der Waals surface area contributed by atoms with Gasteiger partial charge in [-0.3, -0.25) is 5.41 Å². The Bertz CT molecular complexity index is 744. The summed E-state index contributed by atoms with van der Waals surface area (Å²) in [5.41, 5.74) is 1.19. The number of benzene rings is 2. The van der Waals surface area contributed by atoms with Crippen molar-refractivity contribution < 1.29 is 9.52 Å². The first-order valence-electron chi connectivity index (χ1n) is 4.95. The lowest BCUT2D eigenvalue weighted by Gasteiger charge is -2.02. The topological polar surface area (TPSA) is 57.2 Å². The van der Waals surface area contributed by atoms with E-state index in [1.165, 1.54) is 6.07 Å². The lowest BCUT2D eigenvalue weighted by Crippen LogP contribution is -2.01. The van der Waals surface area contributed by atoms with Gasteiger partial charge < -0.3 is 9.52 Å². The Morgan fingerprint density at radius 2 is 1.69 bits per heavy atom. The van der Waals surface area contributed by atoms with E-state index in [0.717, 1.165) is 5.39 Å². The summed E-state index contributed by atoms with van der Waals surface area (Å²) in [4.78, 5) is 0. The second-order valence-electron chi connectivity index (χ2n) is 3.65. The number of aromatic hydroxyl groups is 1. The molecule has 1 heterocycles. The molecule has 0 unspecified atom stereocenters. The van der Waals surface area contributed by atoms with Crippen molar-refractivity contribution in [1.82, 2.24) is 0 Å². The van der Waals surface area contributed by atoms with Crippen LogP contribution in [-0.2, 0) is 0 Å². The van der Waals surface area contributed by atoms with Crippen LogP contribution in [0.2, 0.25) is 0 Å². The lowest BCUT2D eigenvalue weighted by atomic mass is 10.1. The summed E-state index contributed by atoms with van der Waals surface area (Å²) in [7, 11) is 0. The van der Waals surface area contributed by atoms with Crippen molar-refractivity contribution in [3.05, 3.63) is 47.8 Å². The molecule has 0 fully saturated rings. The predicted molar refractivity (Wildman–Crippen MR) is 61.2 cm³/mol. The number of phenols is 1. The quantitative estimate of drug-likeness (QED) is 0.562. The molecule has 3 nitrogen and oxygen atoms in total. The third-order valence-corrected chi connectivity index (χ3v) is 2.61. The maximum Gasteiger partial charge on any atom is 0.140 e. The first-order valence-corrected chi connectivity index (χ1v) is 4.95. The van der Waals surface area contributed by atoms with E-state index in [-0.39, 0.29) is 5.75 Å². The van der Waals surface area contributed by atoms with Crippen LogP contribution in [0.25, 0.3) is 21.9 Å². The van der Waals surface area contributed by atoms with Crippen LogP contribution in [0.4, 0.5) is 0 Å². The molecule has 0 aliphatic carbocycles. The molecule has 0 bridgehead atoms. The largest absolute Gasteiger partial charge is 0.508 e. The molecule has 0 atom stereocenters. The summed E-state index contributed by atoms with van der Waals surface area (Å²) in [6.45, 7) is 0. The Morgan fingerprint density at radius 3 is 2.56 bits per heavy atom. The van der Waals surface area contributed by atoms with Crippen molar-refractivity contribution in [1.29, 1.82) is 5.41 Å². The van der Waals surface area contributed by atoms with Crippen molar-refractivity contribution in [3.8, 4) is 5.75 Å². The molecule has 16 heavy (non-hydrogen) atoms. The van der Waals surface area contributed by atoms with E-state index in [1.807, 2.05) is 24.3 Å². The van der Waals surface area contributed by atoms with Gasteiger partial charge in [-0.2, -0.15) is 0 Å². The van der Waals surface area contributed by atoms with Crippen molar-refractivity contribution in [3.63, 3.8) is 0 Å². The van der Waals surface area contributed by atoms with Crippen molar-refractivity contribution in [2.45, 2.75) is 0 Å². The highest BCUT2D eigenvalue weighted by molar-refractivity contribution is 5.89. The Morgan fingerprint density at radius 1 is 0.938 bits per heavy atom. The minimum absolute atomic E-state index is 0.144. The average molecular weight is 211 g/mol. The van der Waals surface area contributed by atoms with Gasteiger partial charge in [0.05, 0.1) is 5.36 Å². The van der Waals surface area contributed by atoms with Gasteiger partial charge in [-0.05, 0) is 24.3 Å². The summed E-state index contributed by atoms with van der Waals surface area (Å²) >= 11 is 0. The first kappa shape index (κ1) is 8.97. The Labute approximate surface area is 91.1 Å². The second-order valence-corrected chi connectivity index (χ2v) is 3.65. The van der Waals surface area contributed by atoms with Crippen molar-refractivity contribution >= 4 is 21.9 Å². The molecular formula is C13H9NO2. The van der Waals surface area contributed by atoms with Crippen LogP contribution in [0.1, 0.15) is 0 Å². The molecule has 0 aliphatic rings. The number of rotatable bonds is 0. The summed E-state index contributed by atoms with van der Waals surface area (Å²) in [5.74, 6) is 0.144. The predicted octanol–water partition coefficient (Wildman–Crippen LogP) is 2.77. The van der Waals surface area contributed by atoms with Crippen LogP contribution < -0.4 is 5.36 Å². The smallest absolute Gasteiger partial charge is 0.140 e. The number of nitrogens with one attached hydrogen (secondary N) is 1. The van der Waals surface area contributed by atoms with Gasteiger partial charge in [0.1, 0.15) is 16.9 Å². The van der Waals surface area contributed by atoms with Gasteiger partial charge in [-0.15, -0.1) is 0 Å². The third-order valence-electron chi connectivity index (χ3n) is 2.61. The molecule has 0 saturated carbocycles. The highest BCUT2D eigenvalue weighted by Crippen LogP contribution is 2.21. The molecule has 2 aromatic carbocycles. The minimum atomic E-state index is 0.144. The van der Waals surface area contributed by atoms with E-state index in [0.29, 0.717) is 21.9 Å². The maximum atomic E-state index is 9.37. The zero-order valence-electron chi connectivity index (χ0n) is 8.40. The summed E-state index contributed by atoms with van der Waals surface area (Å²) in [6, 6.07) is 12.2. The standard InChI is InChI=1S/C13H9NO2/c14-13-9-3-1-2-4-11(9)16-12-7-8(15)5-6-10(12)13/h1-7,14-15H. The fourth-order valence-electron chi connectivity index (χ4n) is 1.83. The highest BCUT2D eigenvalue weighted by Gasteiger charge is 2.04. The molecule has 3 heteroatoms. The van der Waals surface area contributed by atoms with E-state index >= 15 is 0 Å². The minimum Gasteiger partial charge on any atom is -0.508 e. The monoisotopic (exact) mass is 211 g/mol. The van der Waals surface area contributed by atoms with Crippen LogP contribution >= 0.6 is 0 Å². The molecular weight excluding hydrogens is 202 g/mol. The van der Waals surface area contributed by atoms with Crippen LogP contribution in [0.5, 0.6) is 5.75 Å². The third kappa shape index (κ3) is 1.18. The van der Waals surface area contributed by atoms with Crippen LogP contribution in [0.3, 0.4) is 0 Å². The van der Waals surface area contributed by atoms with Crippen LogP contribution in [-0.4, -0.2) is 5.11 Å². The van der Waals surface area contributed by atoms with Crippen LogP contribution in [0, 0.1) is 5.41 Å². The van der Waals surface area contributed by atoms with Crippen molar-refractivity contribution in [2.24, 2.45) is 0 Å². The van der Waals surface area contributed by atoms with Crippen LogP contribution in [0.15, 0.2) is 46.9 Å². The Balaban J connectivity index is 2.61. The van der Waals surface area contributed by atoms with Gasteiger partial charge in [-0.1, -0.05) is 12.1 Å². The summed E-state index contributed by atoms with van der Waals surface area (Å²) in [5, 5.41) is 19.3. The highest BCUT2D eigenvalue weighted by atomic mass is 16.3. The normalized spacial score (nSPS) is 11.0. The number of hydrogen-bond donors (Lipinski definition) is 2. The number of para-hydroxylation sites is 1. The number of phenolic OH excluding ortho intramolecular Hbond substituents is 1. The second kappa shape index (κ2) is 3.10. The molecule has 0 saturated heterocycles. The maximum absolute atomic E-state index is 9.37. The molecule has 2 N–H and O–H groups in total. The number of fused-ring (bicyclic) bond motifs is 2. The molecule has 1 aromatic heterocycles. The zero-order chi connectivity index (χ0) is 11.1. The SMILES string of the molecule is N=c1c2ccccc2oc2cc(O)ccc12. The van der Waals surface area contributed by atoms with Gasteiger partial charge in [0.2, 0.25) is 0 Å². The van der Waals surface area contributed by atoms with Gasteiger partial charge in [0, 0.05) is 16.8 Å². The zero-order valence-corrected chi connectivity index (χ0v) is 8.40. The van der Waals surface area contributed by atoms with E-state index in [1.54, 1.807) is 12.1 Å². The fourth-order valence-corrected chi connectivity index (χ4v) is 1.83. The molecule has 0 spiro atoms. The van der Waals surface area contributed by atoms with E-state index in [2.05, 4.69) is 0 Å². The lowest BCUT2D eigenvalue weighted by molar-refractivity contribution is 0.474. The molecule has 78 valence electrons. The molecule has 0 amide bonds. The molecule has 3 aromatic rings. The summed E-state index contributed by atoms with van der Waals surface area (Å²) in [6.07, 6.45) is 0. The van der Waals surface area contributed by atoms with Crippen molar-refractivity contribution in [2.75, 3.05) is 0 Å².